The van der Waals surface area contributed by atoms with Gasteiger partial charge in [-0.25, -0.2) is 0 Å². The molecule has 2 saturated carbocycles. The minimum absolute atomic E-state index is 0.272. The van der Waals surface area contributed by atoms with Gasteiger partial charge in [0.1, 0.15) is 0 Å². The number of likely N-dealkylation sites (N-methyl/N-ethyl adjacent to an activating group) is 1. The average molecular weight is 224 g/mol. The van der Waals surface area contributed by atoms with E-state index < -0.39 is 0 Å². The van der Waals surface area contributed by atoms with Crippen LogP contribution in [-0.2, 0) is 0 Å². The molecule has 0 aliphatic heterocycles. The standard InChI is InChI=1S/C14H28N2/c1-11-8-13(2,3)9-14(11,10-15)16(4)12-6-5-7-12/h11-12H,5-10,15H2,1-4H3. The van der Waals surface area contributed by atoms with Crippen LogP contribution >= 0.6 is 0 Å². The fraction of sp³-hybridized carbons (Fsp3) is 1.00. The summed E-state index contributed by atoms with van der Waals surface area (Å²) in [6, 6.07) is 0.805. The van der Waals surface area contributed by atoms with Crippen LogP contribution in [0, 0.1) is 11.3 Å². The molecule has 94 valence electrons. The molecule has 2 nitrogen and oxygen atoms in total. The van der Waals surface area contributed by atoms with Crippen LogP contribution < -0.4 is 5.73 Å². The third kappa shape index (κ3) is 1.80. The first-order chi connectivity index (χ1) is 7.41. The van der Waals surface area contributed by atoms with Gasteiger partial charge in [0.25, 0.3) is 0 Å². The summed E-state index contributed by atoms with van der Waals surface area (Å²) in [6.45, 7) is 8.02. The van der Waals surface area contributed by atoms with Crippen LogP contribution in [0.3, 0.4) is 0 Å². The highest BCUT2D eigenvalue weighted by atomic mass is 15.2. The molecule has 2 rings (SSSR count). The molecule has 0 aromatic heterocycles. The number of nitrogens with zero attached hydrogens (tertiary/aromatic N) is 1. The van der Waals surface area contributed by atoms with Crippen molar-refractivity contribution in [2.75, 3.05) is 13.6 Å². The van der Waals surface area contributed by atoms with Crippen LogP contribution in [0.1, 0.15) is 52.9 Å². The molecule has 0 saturated heterocycles. The van der Waals surface area contributed by atoms with Crippen LogP contribution in [0.5, 0.6) is 0 Å². The third-order valence-electron chi connectivity index (χ3n) is 5.24. The molecule has 2 fully saturated rings. The van der Waals surface area contributed by atoms with Crippen LogP contribution in [0.4, 0.5) is 0 Å². The topological polar surface area (TPSA) is 29.3 Å². The van der Waals surface area contributed by atoms with Crippen molar-refractivity contribution < 1.29 is 0 Å². The fourth-order valence-corrected chi connectivity index (χ4v) is 4.12. The van der Waals surface area contributed by atoms with Crippen LogP contribution in [0.2, 0.25) is 0 Å². The van der Waals surface area contributed by atoms with Crippen molar-refractivity contribution in [3.05, 3.63) is 0 Å². The molecule has 2 heteroatoms. The van der Waals surface area contributed by atoms with Crippen molar-refractivity contribution in [2.45, 2.75) is 64.5 Å². The molecule has 16 heavy (non-hydrogen) atoms. The lowest BCUT2D eigenvalue weighted by Crippen LogP contribution is -2.59. The Labute approximate surface area is 101 Å². The van der Waals surface area contributed by atoms with Crippen molar-refractivity contribution in [1.29, 1.82) is 0 Å². The Kier molecular flexibility index (Phi) is 3.09. The lowest BCUT2D eigenvalue weighted by molar-refractivity contribution is 0.0129. The Hall–Kier alpha value is -0.0800. The summed E-state index contributed by atoms with van der Waals surface area (Å²) in [6.07, 6.45) is 6.76. The lowest BCUT2D eigenvalue weighted by Gasteiger charge is -2.49. The van der Waals surface area contributed by atoms with Crippen LogP contribution in [-0.4, -0.2) is 30.1 Å². The first kappa shape index (κ1) is 12.4. The summed E-state index contributed by atoms with van der Waals surface area (Å²) in [5, 5.41) is 0. The minimum atomic E-state index is 0.272. The second-order valence-electron chi connectivity index (χ2n) is 6.95. The highest BCUT2D eigenvalue weighted by Crippen LogP contribution is 2.51. The fourth-order valence-electron chi connectivity index (χ4n) is 4.12. The van der Waals surface area contributed by atoms with E-state index in [4.69, 9.17) is 5.73 Å². The maximum atomic E-state index is 6.16. The van der Waals surface area contributed by atoms with E-state index in [1.54, 1.807) is 0 Å². The van der Waals surface area contributed by atoms with Crippen LogP contribution in [0.25, 0.3) is 0 Å². The molecule has 0 aromatic carbocycles. The number of hydrogen-bond donors (Lipinski definition) is 1. The number of nitrogens with two attached hydrogens (primary N) is 1. The van der Waals surface area contributed by atoms with Gasteiger partial charge in [0.2, 0.25) is 0 Å². The van der Waals surface area contributed by atoms with Gasteiger partial charge >= 0.3 is 0 Å². The number of hydrogen-bond acceptors (Lipinski definition) is 2. The quantitative estimate of drug-likeness (QED) is 0.798. The molecule has 0 spiro atoms. The Morgan fingerprint density at radius 1 is 1.31 bits per heavy atom. The predicted octanol–water partition coefficient (Wildman–Crippen LogP) is 2.62. The second kappa shape index (κ2) is 3.99. The van der Waals surface area contributed by atoms with E-state index in [9.17, 15) is 0 Å². The molecule has 0 radical (unpaired) electrons. The average Bonchev–Trinajstić information content (AvgIpc) is 2.33. The molecular weight excluding hydrogens is 196 g/mol. The molecular formula is C14H28N2. The van der Waals surface area contributed by atoms with E-state index in [0.717, 1.165) is 18.5 Å². The Bertz CT molecular complexity index is 257. The molecule has 0 bridgehead atoms. The normalized spacial score (nSPS) is 39.0. The Morgan fingerprint density at radius 3 is 2.25 bits per heavy atom. The largest absolute Gasteiger partial charge is 0.329 e. The summed E-state index contributed by atoms with van der Waals surface area (Å²) in [4.78, 5) is 2.63. The van der Waals surface area contributed by atoms with E-state index in [-0.39, 0.29) is 5.54 Å². The summed E-state index contributed by atoms with van der Waals surface area (Å²) in [5.74, 6) is 0.734. The zero-order chi connectivity index (χ0) is 12.0. The molecule has 0 amide bonds. The highest BCUT2D eigenvalue weighted by Gasteiger charge is 2.51. The van der Waals surface area contributed by atoms with Gasteiger partial charge in [-0.2, -0.15) is 0 Å². The maximum Gasteiger partial charge on any atom is 0.0362 e. The summed E-state index contributed by atoms with van der Waals surface area (Å²) in [7, 11) is 2.31. The molecule has 2 unspecified atom stereocenters. The van der Waals surface area contributed by atoms with Gasteiger partial charge in [0, 0.05) is 18.1 Å². The SMILES string of the molecule is CC1CC(C)(C)CC1(CN)N(C)C1CCC1. The van der Waals surface area contributed by atoms with Crippen molar-refractivity contribution in [3.8, 4) is 0 Å². The lowest BCUT2D eigenvalue weighted by atomic mass is 9.80. The molecule has 0 heterocycles. The first-order valence-electron chi connectivity index (χ1n) is 6.84. The Balaban J connectivity index is 2.18. The maximum absolute atomic E-state index is 6.16. The smallest absolute Gasteiger partial charge is 0.0362 e. The van der Waals surface area contributed by atoms with Crippen molar-refractivity contribution in [3.63, 3.8) is 0 Å². The Morgan fingerprint density at radius 2 is 1.94 bits per heavy atom. The zero-order valence-electron chi connectivity index (χ0n) is 11.4. The van der Waals surface area contributed by atoms with Crippen LogP contribution in [0.15, 0.2) is 0 Å². The highest BCUT2D eigenvalue weighted by molar-refractivity contribution is 5.07. The van der Waals surface area contributed by atoms with E-state index in [1.165, 1.54) is 32.1 Å². The van der Waals surface area contributed by atoms with Gasteiger partial charge in [-0.3, -0.25) is 4.90 Å². The van der Waals surface area contributed by atoms with Crippen molar-refractivity contribution >= 4 is 0 Å². The van der Waals surface area contributed by atoms with Crippen molar-refractivity contribution in [1.82, 2.24) is 4.90 Å². The first-order valence-corrected chi connectivity index (χ1v) is 6.84. The van der Waals surface area contributed by atoms with E-state index in [0.29, 0.717) is 5.41 Å². The van der Waals surface area contributed by atoms with Gasteiger partial charge < -0.3 is 5.73 Å². The molecule has 2 atom stereocenters. The minimum Gasteiger partial charge on any atom is -0.329 e. The van der Waals surface area contributed by atoms with E-state index in [1.807, 2.05) is 0 Å². The van der Waals surface area contributed by atoms with Gasteiger partial charge in [-0.05, 0) is 44.1 Å². The molecule has 2 N–H and O–H groups in total. The van der Waals surface area contributed by atoms with Gasteiger partial charge in [-0.1, -0.05) is 27.2 Å². The van der Waals surface area contributed by atoms with Crippen molar-refractivity contribution in [2.24, 2.45) is 17.1 Å². The number of rotatable bonds is 3. The third-order valence-corrected chi connectivity index (χ3v) is 5.24. The molecule has 0 aromatic rings. The van der Waals surface area contributed by atoms with E-state index in [2.05, 4.69) is 32.7 Å². The summed E-state index contributed by atoms with van der Waals surface area (Å²) in [5.41, 5.74) is 6.90. The molecule has 2 aliphatic rings. The predicted molar refractivity (Wildman–Crippen MR) is 69.4 cm³/mol. The monoisotopic (exact) mass is 224 g/mol. The van der Waals surface area contributed by atoms with E-state index >= 15 is 0 Å². The summed E-state index contributed by atoms with van der Waals surface area (Å²) >= 11 is 0. The van der Waals surface area contributed by atoms with Gasteiger partial charge in [-0.15, -0.1) is 0 Å². The zero-order valence-corrected chi connectivity index (χ0v) is 11.4. The van der Waals surface area contributed by atoms with Gasteiger partial charge in [0.15, 0.2) is 0 Å². The van der Waals surface area contributed by atoms with Gasteiger partial charge in [0.05, 0.1) is 0 Å². The second-order valence-corrected chi connectivity index (χ2v) is 6.95. The molecule has 2 aliphatic carbocycles. The summed E-state index contributed by atoms with van der Waals surface area (Å²) < 4.78 is 0.